The molecule has 0 fully saturated rings. The van der Waals surface area contributed by atoms with Gasteiger partial charge < -0.3 is 0 Å². The van der Waals surface area contributed by atoms with Crippen LogP contribution in [-0.2, 0) is 19.3 Å². The fraction of sp³-hybridized carbons (Fsp3) is 0.458. The van der Waals surface area contributed by atoms with E-state index in [1.165, 1.54) is 36.8 Å². The molecule has 2 heteroatoms. The second-order valence-corrected chi connectivity index (χ2v) is 7.56. The summed E-state index contributed by atoms with van der Waals surface area (Å²) in [6.45, 7) is 2.22. The Kier molecular flexibility index (Phi) is 6.45. The largest absolute Gasteiger partial charge is 0.207 e. The molecule has 0 spiro atoms. The molecule has 0 saturated heterocycles. The van der Waals surface area contributed by atoms with Crippen molar-refractivity contribution in [3.05, 3.63) is 70.0 Å². The lowest BCUT2D eigenvalue weighted by Crippen LogP contribution is -2.14. The van der Waals surface area contributed by atoms with Crippen molar-refractivity contribution in [3.63, 3.8) is 0 Å². The van der Waals surface area contributed by atoms with Gasteiger partial charge in [0.2, 0.25) is 0 Å². The molecule has 1 aliphatic rings. The number of hydrogen-bond acceptors (Lipinski definition) is 1. The maximum Gasteiger partial charge on any atom is 0.126 e. The molecule has 0 heterocycles. The van der Waals surface area contributed by atoms with E-state index in [0.29, 0.717) is 0 Å². The molecule has 1 unspecified atom stereocenters. The van der Waals surface area contributed by atoms with Gasteiger partial charge in [0.05, 0.1) is 11.6 Å². The van der Waals surface area contributed by atoms with Crippen LogP contribution in [0, 0.1) is 17.1 Å². The number of unbranched alkanes of at least 4 members (excludes halogenated alkanes) is 4. The molecular weight excluding hydrogens is 321 g/mol. The van der Waals surface area contributed by atoms with Crippen LogP contribution in [0.25, 0.3) is 0 Å². The number of hydrogen-bond donors (Lipinski definition) is 0. The van der Waals surface area contributed by atoms with E-state index in [0.717, 1.165) is 48.8 Å². The van der Waals surface area contributed by atoms with Crippen molar-refractivity contribution in [1.82, 2.24) is 0 Å². The van der Waals surface area contributed by atoms with Crippen molar-refractivity contribution in [2.75, 3.05) is 0 Å². The molecule has 0 bridgehead atoms. The van der Waals surface area contributed by atoms with E-state index in [1.54, 1.807) is 6.07 Å². The summed E-state index contributed by atoms with van der Waals surface area (Å²) in [6, 6.07) is 14.0. The molecule has 136 valence electrons. The third kappa shape index (κ3) is 4.52. The Bertz CT molecular complexity index is 787. The molecule has 1 nitrogen and oxygen atoms in total. The first-order valence-corrected chi connectivity index (χ1v) is 10.0. The van der Waals surface area contributed by atoms with Gasteiger partial charge >= 0.3 is 0 Å². The summed E-state index contributed by atoms with van der Waals surface area (Å²) in [7, 11) is 0. The predicted molar refractivity (Wildman–Crippen MR) is 105 cm³/mol. The molecular formula is C24H28FN. The van der Waals surface area contributed by atoms with Crippen LogP contribution in [0.4, 0.5) is 4.39 Å². The Morgan fingerprint density at radius 1 is 1.04 bits per heavy atom. The molecule has 2 aromatic carbocycles. The van der Waals surface area contributed by atoms with E-state index < -0.39 is 0 Å². The monoisotopic (exact) mass is 349 g/mol. The molecule has 1 aliphatic carbocycles. The highest BCUT2D eigenvalue weighted by Crippen LogP contribution is 2.34. The Morgan fingerprint density at radius 3 is 2.65 bits per heavy atom. The van der Waals surface area contributed by atoms with Gasteiger partial charge in [-0.2, -0.15) is 5.26 Å². The molecule has 1 atom stereocenters. The molecule has 0 N–H and O–H groups in total. The first-order valence-electron chi connectivity index (χ1n) is 10.0. The zero-order valence-electron chi connectivity index (χ0n) is 15.7. The molecule has 3 rings (SSSR count). The highest BCUT2D eigenvalue weighted by molar-refractivity contribution is 5.41. The van der Waals surface area contributed by atoms with Crippen LogP contribution in [0.3, 0.4) is 0 Å². The Morgan fingerprint density at radius 2 is 1.88 bits per heavy atom. The molecule has 0 radical (unpaired) electrons. The Balaban J connectivity index is 1.63. The number of nitrogens with zero attached hydrogens (tertiary/aromatic N) is 1. The normalized spacial score (nSPS) is 16.1. The van der Waals surface area contributed by atoms with E-state index in [-0.39, 0.29) is 11.7 Å². The molecule has 2 aromatic rings. The number of benzene rings is 2. The second-order valence-electron chi connectivity index (χ2n) is 7.56. The number of nitriles is 1. The summed E-state index contributed by atoms with van der Waals surface area (Å²) in [5.74, 6) is 0.201. The summed E-state index contributed by atoms with van der Waals surface area (Å²) in [6.07, 6.45) is 9.95. The van der Waals surface area contributed by atoms with Crippen LogP contribution in [0.15, 0.2) is 36.4 Å². The first-order chi connectivity index (χ1) is 12.7. The van der Waals surface area contributed by atoms with Gasteiger partial charge in [0.1, 0.15) is 5.82 Å². The first kappa shape index (κ1) is 18.6. The van der Waals surface area contributed by atoms with Gasteiger partial charge in [0, 0.05) is 0 Å². The standard InChI is InChI=1S/C24H28FN/c1-2-3-4-5-6-7-18-9-13-23(24(25)15-18)22-12-11-20-14-19(17-26)8-10-21(20)16-22/h8-10,13-15,22H,2-7,11-12,16H2,1H3. The van der Waals surface area contributed by atoms with E-state index in [2.05, 4.69) is 19.1 Å². The minimum absolute atomic E-state index is 0.0434. The highest BCUT2D eigenvalue weighted by Gasteiger charge is 2.22. The average Bonchev–Trinajstić information content (AvgIpc) is 2.67. The van der Waals surface area contributed by atoms with Gasteiger partial charge in [0.25, 0.3) is 0 Å². The van der Waals surface area contributed by atoms with Gasteiger partial charge in [-0.3, -0.25) is 0 Å². The smallest absolute Gasteiger partial charge is 0.126 e. The van der Waals surface area contributed by atoms with E-state index in [4.69, 9.17) is 5.26 Å². The molecule has 0 aromatic heterocycles. The average molecular weight is 349 g/mol. The zero-order chi connectivity index (χ0) is 18.4. The van der Waals surface area contributed by atoms with Crippen LogP contribution in [0.2, 0.25) is 0 Å². The van der Waals surface area contributed by atoms with Crippen LogP contribution in [0.5, 0.6) is 0 Å². The number of aryl methyl sites for hydroxylation is 2. The maximum atomic E-state index is 14.7. The number of halogens is 1. The van der Waals surface area contributed by atoms with E-state index in [9.17, 15) is 4.39 Å². The lowest BCUT2D eigenvalue weighted by atomic mass is 9.79. The zero-order valence-corrected chi connectivity index (χ0v) is 15.7. The van der Waals surface area contributed by atoms with Crippen LogP contribution < -0.4 is 0 Å². The van der Waals surface area contributed by atoms with Gasteiger partial charge in [-0.25, -0.2) is 4.39 Å². The van der Waals surface area contributed by atoms with Crippen molar-refractivity contribution in [2.24, 2.45) is 0 Å². The lowest BCUT2D eigenvalue weighted by molar-refractivity contribution is 0.532. The van der Waals surface area contributed by atoms with Crippen molar-refractivity contribution >= 4 is 0 Å². The van der Waals surface area contributed by atoms with E-state index >= 15 is 0 Å². The second kappa shape index (κ2) is 8.99. The number of rotatable bonds is 7. The summed E-state index contributed by atoms with van der Waals surface area (Å²) < 4.78 is 14.7. The summed E-state index contributed by atoms with van der Waals surface area (Å²) in [5, 5.41) is 9.04. The minimum Gasteiger partial charge on any atom is -0.207 e. The van der Waals surface area contributed by atoms with Crippen molar-refractivity contribution < 1.29 is 4.39 Å². The third-order valence-corrected chi connectivity index (χ3v) is 5.64. The van der Waals surface area contributed by atoms with E-state index in [1.807, 2.05) is 24.3 Å². The summed E-state index contributed by atoms with van der Waals surface area (Å²) >= 11 is 0. The fourth-order valence-electron chi connectivity index (χ4n) is 4.08. The summed E-state index contributed by atoms with van der Waals surface area (Å²) in [4.78, 5) is 0. The van der Waals surface area contributed by atoms with Crippen molar-refractivity contribution in [1.29, 1.82) is 5.26 Å². The Labute approximate surface area is 156 Å². The molecule has 0 saturated carbocycles. The highest BCUT2D eigenvalue weighted by atomic mass is 19.1. The molecule has 0 amide bonds. The lowest BCUT2D eigenvalue weighted by Gasteiger charge is -2.25. The molecule has 26 heavy (non-hydrogen) atoms. The van der Waals surface area contributed by atoms with Gasteiger partial charge in [-0.1, -0.05) is 50.8 Å². The third-order valence-electron chi connectivity index (χ3n) is 5.64. The topological polar surface area (TPSA) is 23.8 Å². The van der Waals surface area contributed by atoms with Crippen molar-refractivity contribution in [3.8, 4) is 6.07 Å². The van der Waals surface area contributed by atoms with Gasteiger partial charge in [-0.15, -0.1) is 0 Å². The van der Waals surface area contributed by atoms with Gasteiger partial charge in [-0.05, 0) is 78.5 Å². The van der Waals surface area contributed by atoms with Gasteiger partial charge in [0.15, 0.2) is 0 Å². The maximum absolute atomic E-state index is 14.7. The SMILES string of the molecule is CCCCCCCc1ccc(C2CCc3cc(C#N)ccc3C2)c(F)c1. The quantitative estimate of drug-likeness (QED) is 0.525. The van der Waals surface area contributed by atoms with Crippen LogP contribution in [0.1, 0.15) is 79.2 Å². The predicted octanol–water partition coefficient (Wildman–Crippen LogP) is 6.48. The summed E-state index contributed by atoms with van der Waals surface area (Å²) in [5.41, 5.74) is 5.22. The minimum atomic E-state index is -0.0434. The van der Waals surface area contributed by atoms with Crippen LogP contribution >= 0.6 is 0 Å². The number of fused-ring (bicyclic) bond motifs is 1. The van der Waals surface area contributed by atoms with Crippen molar-refractivity contribution in [2.45, 2.75) is 70.6 Å². The Hall–Kier alpha value is -2.14. The van der Waals surface area contributed by atoms with Crippen LogP contribution in [-0.4, -0.2) is 0 Å². The molecule has 0 aliphatic heterocycles. The fourth-order valence-corrected chi connectivity index (χ4v) is 4.08.